The van der Waals surface area contributed by atoms with E-state index in [1.807, 2.05) is 36.3 Å². The Morgan fingerprint density at radius 1 is 1.16 bits per heavy atom. The van der Waals surface area contributed by atoms with E-state index in [2.05, 4.69) is 5.10 Å². The van der Waals surface area contributed by atoms with E-state index in [1.165, 1.54) is 12.1 Å². The maximum absolute atomic E-state index is 13.2. The topological polar surface area (TPSA) is 56.6 Å². The lowest BCUT2D eigenvalue weighted by Crippen LogP contribution is -2.28. The van der Waals surface area contributed by atoms with Crippen LogP contribution in [0.1, 0.15) is 34.0 Å². The largest absolute Gasteiger partial charge is 0.491 e. The van der Waals surface area contributed by atoms with Gasteiger partial charge in [0.1, 0.15) is 18.2 Å². The van der Waals surface area contributed by atoms with E-state index in [4.69, 9.17) is 9.47 Å². The number of halogens is 1. The van der Waals surface area contributed by atoms with Gasteiger partial charge < -0.3 is 14.4 Å². The molecule has 4 rings (SSSR count). The van der Waals surface area contributed by atoms with Gasteiger partial charge in [0.05, 0.1) is 11.8 Å². The molecule has 7 heteroatoms. The average molecular weight is 438 g/mol. The van der Waals surface area contributed by atoms with Gasteiger partial charge in [0.15, 0.2) is 0 Å². The Bertz CT molecular complexity index is 1030. The van der Waals surface area contributed by atoms with E-state index in [1.54, 1.807) is 36.1 Å². The molecule has 3 aromatic rings. The highest BCUT2D eigenvalue weighted by atomic mass is 19.1. The van der Waals surface area contributed by atoms with Crippen LogP contribution in [-0.4, -0.2) is 53.5 Å². The summed E-state index contributed by atoms with van der Waals surface area (Å²) in [5.74, 6) is 0.698. The Morgan fingerprint density at radius 3 is 2.56 bits per heavy atom. The molecule has 0 radical (unpaired) electrons. The number of methoxy groups -OCH3 is 1. The molecule has 0 bridgehead atoms. The Balaban J connectivity index is 1.30. The van der Waals surface area contributed by atoms with Crippen molar-refractivity contribution in [2.45, 2.75) is 24.9 Å². The lowest BCUT2D eigenvalue weighted by Gasteiger charge is -2.18. The molecule has 0 saturated carbocycles. The maximum Gasteiger partial charge on any atom is 0.253 e. The normalized spacial score (nSPS) is 16.8. The third-order valence-electron chi connectivity index (χ3n) is 5.89. The van der Waals surface area contributed by atoms with Gasteiger partial charge in [-0.25, -0.2) is 4.39 Å². The number of aromatic nitrogens is 2. The second-order valence-corrected chi connectivity index (χ2v) is 8.17. The predicted octanol–water partition coefficient (Wildman–Crippen LogP) is 3.83. The van der Waals surface area contributed by atoms with Crippen LogP contribution in [0.15, 0.2) is 60.8 Å². The Kier molecular flexibility index (Phi) is 6.85. The van der Waals surface area contributed by atoms with Gasteiger partial charge in [-0.1, -0.05) is 12.1 Å². The summed E-state index contributed by atoms with van der Waals surface area (Å²) in [7, 11) is 3.55. The minimum absolute atomic E-state index is 0.00563. The number of aryl methyl sites for hydroxylation is 1. The number of hydrogen-bond donors (Lipinski definition) is 0. The molecule has 2 aromatic carbocycles. The fourth-order valence-electron chi connectivity index (χ4n) is 4.03. The van der Waals surface area contributed by atoms with Gasteiger partial charge in [0.25, 0.3) is 5.91 Å². The summed E-state index contributed by atoms with van der Waals surface area (Å²) < 4.78 is 26.3. The van der Waals surface area contributed by atoms with E-state index in [9.17, 15) is 9.18 Å². The summed E-state index contributed by atoms with van der Waals surface area (Å²) in [6.07, 6.45) is 3.34. The molecule has 1 amide bonds. The molecule has 1 aliphatic heterocycles. The van der Waals surface area contributed by atoms with Gasteiger partial charge in [0.2, 0.25) is 0 Å². The van der Waals surface area contributed by atoms with Crippen LogP contribution in [0, 0.1) is 5.82 Å². The molecule has 0 spiro atoms. The van der Waals surface area contributed by atoms with Crippen LogP contribution >= 0.6 is 0 Å². The first-order valence-electron chi connectivity index (χ1n) is 10.8. The second-order valence-electron chi connectivity index (χ2n) is 8.17. The Hall–Kier alpha value is -3.19. The third kappa shape index (κ3) is 5.34. The zero-order valence-corrected chi connectivity index (χ0v) is 18.4. The van der Waals surface area contributed by atoms with Crippen LogP contribution in [0.2, 0.25) is 0 Å². The fourth-order valence-corrected chi connectivity index (χ4v) is 4.03. The van der Waals surface area contributed by atoms with Gasteiger partial charge in [-0.15, -0.1) is 0 Å². The van der Waals surface area contributed by atoms with Crippen LogP contribution in [0.3, 0.4) is 0 Å². The molecule has 168 valence electrons. The van der Waals surface area contributed by atoms with Crippen LogP contribution < -0.4 is 4.74 Å². The fraction of sp³-hybridized carbons (Fsp3) is 0.360. The number of likely N-dealkylation sites (tertiary alicyclic amines) is 1. The first kappa shape index (κ1) is 22.0. The first-order valence-corrected chi connectivity index (χ1v) is 10.8. The smallest absolute Gasteiger partial charge is 0.253 e. The second kappa shape index (κ2) is 9.96. The summed E-state index contributed by atoms with van der Waals surface area (Å²) in [4.78, 5) is 14.8. The standard InChI is InChI=1S/C25H28FN3O3/c1-28-13-12-22(27-28)15-24(31-2)17-32-23-9-5-19(6-10-23)25(30)29-14-11-20(16-29)18-3-7-21(26)8-4-18/h3-10,12-13,20,24H,11,14-17H2,1-2H3. The SMILES string of the molecule is COC(COc1ccc(C(=O)N2CCC(c3ccc(F)cc3)C2)cc1)Cc1ccn(C)n1. The summed E-state index contributed by atoms with van der Waals surface area (Å²) in [6, 6.07) is 15.7. The highest BCUT2D eigenvalue weighted by Gasteiger charge is 2.28. The van der Waals surface area contributed by atoms with Crippen LogP contribution in [-0.2, 0) is 18.2 Å². The lowest BCUT2D eigenvalue weighted by atomic mass is 9.99. The first-order chi connectivity index (χ1) is 15.5. The zero-order valence-electron chi connectivity index (χ0n) is 18.4. The molecule has 1 aliphatic rings. The molecule has 2 atom stereocenters. The summed E-state index contributed by atoms with van der Waals surface area (Å²) in [5.41, 5.74) is 2.66. The van der Waals surface area contributed by atoms with E-state index in [0.29, 0.717) is 37.4 Å². The van der Waals surface area contributed by atoms with Gasteiger partial charge in [-0.05, 0) is 54.4 Å². The summed E-state index contributed by atoms with van der Waals surface area (Å²) in [6.45, 7) is 1.74. The van der Waals surface area contributed by atoms with Gasteiger partial charge in [-0.2, -0.15) is 5.10 Å². The number of rotatable bonds is 8. The quantitative estimate of drug-likeness (QED) is 0.538. The molecule has 0 aliphatic carbocycles. The maximum atomic E-state index is 13.2. The van der Waals surface area contributed by atoms with Crippen LogP contribution in [0.5, 0.6) is 5.75 Å². The summed E-state index contributed by atoms with van der Waals surface area (Å²) >= 11 is 0. The number of carbonyl (C=O) groups excluding carboxylic acids is 1. The van der Waals surface area contributed by atoms with Gasteiger partial charge in [0, 0.05) is 51.3 Å². The number of benzene rings is 2. The minimum Gasteiger partial charge on any atom is -0.491 e. The number of nitrogens with zero attached hydrogens (tertiary/aromatic N) is 3. The van der Waals surface area contributed by atoms with Crippen molar-refractivity contribution in [1.82, 2.24) is 14.7 Å². The van der Waals surface area contributed by atoms with E-state index in [0.717, 1.165) is 17.7 Å². The van der Waals surface area contributed by atoms with Crippen molar-refractivity contribution in [3.63, 3.8) is 0 Å². The highest BCUT2D eigenvalue weighted by molar-refractivity contribution is 5.94. The highest BCUT2D eigenvalue weighted by Crippen LogP contribution is 2.28. The summed E-state index contributed by atoms with van der Waals surface area (Å²) in [5, 5.41) is 4.37. The van der Waals surface area contributed by atoms with E-state index in [-0.39, 0.29) is 23.7 Å². The number of ether oxygens (including phenoxy) is 2. The average Bonchev–Trinajstić information content (AvgIpc) is 3.46. The molecule has 2 unspecified atom stereocenters. The number of hydrogen-bond acceptors (Lipinski definition) is 4. The van der Waals surface area contributed by atoms with Crippen molar-refractivity contribution in [3.05, 3.63) is 83.4 Å². The Labute approximate surface area is 187 Å². The molecular weight excluding hydrogens is 409 g/mol. The van der Waals surface area contributed by atoms with Crippen molar-refractivity contribution < 1.29 is 18.7 Å². The molecule has 1 aromatic heterocycles. The van der Waals surface area contributed by atoms with Crippen molar-refractivity contribution in [1.29, 1.82) is 0 Å². The van der Waals surface area contributed by atoms with Gasteiger partial charge in [-0.3, -0.25) is 9.48 Å². The Morgan fingerprint density at radius 2 is 1.91 bits per heavy atom. The zero-order chi connectivity index (χ0) is 22.5. The van der Waals surface area contributed by atoms with Gasteiger partial charge >= 0.3 is 0 Å². The number of carbonyl (C=O) groups is 1. The molecule has 32 heavy (non-hydrogen) atoms. The van der Waals surface area contributed by atoms with Crippen molar-refractivity contribution in [2.24, 2.45) is 7.05 Å². The van der Waals surface area contributed by atoms with Crippen molar-refractivity contribution in [2.75, 3.05) is 26.8 Å². The van der Waals surface area contributed by atoms with E-state index < -0.39 is 0 Å². The van der Waals surface area contributed by atoms with E-state index >= 15 is 0 Å². The number of amides is 1. The van der Waals surface area contributed by atoms with Crippen LogP contribution in [0.25, 0.3) is 0 Å². The van der Waals surface area contributed by atoms with Crippen molar-refractivity contribution in [3.8, 4) is 5.75 Å². The molecule has 6 nitrogen and oxygen atoms in total. The third-order valence-corrected chi connectivity index (χ3v) is 5.89. The molecular formula is C25H28FN3O3. The minimum atomic E-state index is -0.240. The predicted molar refractivity (Wildman–Crippen MR) is 119 cm³/mol. The lowest BCUT2D eigenvalue weighted by molar-refractivity contribution is 0.0577. The van der Waals surface area contributed by atoms with Crippen molar-refractivity contribution >= 4 is 5.91 Å². The molecule has 2 heterocycles. The van der Waals surface area contributed by atoms with Crippen LogP contribution in [0.4, 0.5) is 4.39 Å². The monoisotopic (exact) mass is 437 g/mol. The molecule has 1 saturated heterocycles. The molecule has 1 fully saturated rings. The molecule has 0 N–H and O–H groups in total.